The predicted molar refractivity (Wildman–Crippen MR) is 46.0 cm³/mol. The molecule has 0 bridgehead atoms. The molecule has 4 heteroatoms. The van der Waals surface area contributed by atoms with Crippen molar-refractivity contribution in [3.05, 3.63) is 36.2 Å². The fourth-order valence-corrected chi connectivity index (χ4v) is 1.30. The van der Waals surface area contributed by atoms with E-state index in [4.69, 9.17) is 5.11 Å². The highest BCUT2D eigenvalue weighted by Gasteiger charge is 2.09. The van der Waals surface area contributed by atoms with E-state index < -0.39 is 5.97 Å². The third-order valence-corrected chi connectivity index (χ3v) is 1.89. The number of aromatic nitrogens is 1. The molecule has 0 unspecified atom stereocenters. The average Bonchev–Trinajstić information content (AvgIpc) is 2.48. The molecule has 0 atom stereocenters. The van der Waals surface area contributed by atoms with Gasteiger partial charge < -0.3 is 14.6 Å². The van der Waals surface area contributed by atoms with Crippen molar-refractivity contribution in [3.8, 4) is 5.75 Å². The number of rotatable bonds is 1. The van der Waals surface area contributed by atoms with Crippen LogP contribution >= 0.6 is 0 Å². The lowest BCUT2D eigenvalue weighted by molar-refractivity contribution is 0.0689. The number of carboxylic acids is 1. The third kappa shape index (κ3) is 1.03. The van der Waals surface area contributed by atoms with E-state index in [1.807, 2.05) is 0 Å². The number of carbonyl (C=O) groups is 1. The maximum absolute atomic E-state index is 10.7. The lowest BCUT2D eigenvalue weighted by atomic mass is 10.4. The second-order valence-electron chi connectivity index (χ2n) is 2.67. The lowest BCUT2D eigenvalue weighted by Crippen LogP contribution is -2.00. The maximum atomic E-state index is 10.7. The molecule has 0 amide bonds. The van der Waals surface area contributed by atoms with Gasteiger partial charge in [-0.05, 0) is 24.3 Å². The van der Waals surface area contributed by atoms with Crippen LogP contribution in [-0.2, 0) is 0 Å². The minimum Gasteiger partial charge on any atom is -0.506 e. The summed E-state index contributed by atoms with van der Waals surface area (Å²) in [6.45, 7) is 0. The first-order chi connectivity index (χ1) is 6.20. The summed E-state index contributed by atoms with van der Waals surface area (Å²) in [5.74, 6) is -0.930. The Bertz CT molecular complexity index is 473. The number of carboxylic acid groups (broad SMARTS) is 1. The van der Waals surface area contributed by atoms with Crippen LogP contribution in [0.5, 0.6) is 5.75 Å². The minimum absolute atomic E-state index is 0.0787. The number of aromatic carboxylic acids is 1. The summed E-state index contributed by atoms with van der Waals surface area (Å²) < 4.78 is 1.43. The van der Waals surface area contributed by atoms with Crippen molar-refractivity contribution in [3.63, 3.8) is 0 Å². The van der Waals surface area contributed by atoms with E-state index in [-0.39, 0.29) is 11.4 Å². The lowest BCUT2D eigenvalue weighted by Gasteiger charge is -1.98. The van der Waals surface area contributed by atoms with Gasteiger partial charge in [-0.15, -0.1) is 0 Å². The molecule has 2 N–H and O–H groups in total. The number of fused-ring (bicyclic) bond motifs is 1. The number of hydrogen-bond donors (Lipinski definition) is 2. The van der Waals surface area contributed by atoms with Crippen LogP contribution in [0.2, 0.25) is 0 Å². The molecule has 4 nitrogen and oxygen atoms in total. The van der Waals surface area contributed by atoms with Gasteiger partial charge in [-0.2, -0.15) is 0 Å². The summed E-state index contributed by atoms with van der Waals surface area (Å²) in [5, 5.41) is 18.1. The standard InChI is InChI=1S/C9H7NO3/c11-8-2-1-5-10-6(8)3-4-7(10)9(12)13/h1-5,11H,(H,12,13). The van der Waals surface area contributed by atoms with Crippen molar-refractivity contribution >= 4 is 11.5 Å². The Labute approximate surface area is 73.7 Å². The Morgan fingerprint density at radius 1 is 1.31 bits per heavy atom. The molecule has 2 rings (SSSR count). The Morgan fingerprint density at radius 3 is 2.77 bits per heavy atom. The summed E-state index contributed by atoms with van der Waals surface area (Å²) in [7, 11) is 0. The van der Waals surface area contributed by atoms with Crippen LogP contribution in [0, 0.1) is 0 Å². The van der Waals surface area contributed by atoms with Gasteiger partial charge >= 0.3 is 5.97 Å². The van der Waals surface area contributed by atoms with Crippen LogP contribution < -0.4 is 0 Å². The van der Waals surface area contributed by atoms with E-state index in [0.717, 1.165) is 0 Å². The smallest absolute Gasteiger partial charge is 0.352 e. The van der Waals surface area contributed by atoms with E-state index >= 15 is 0 Å². The molecule has 0 aliphatic rings. The molecule has 13 heavy (non-hydrogen) atoms. The molecule has 0 radical (unpaired) electrons. The normalized spacial score (nSPS) is 10.5. The quantitative estimate of drug-likeness (QED) is 0.691. The molecule has 0 aliphatic heterocycles. The number of pyridine rings is 1. The van der Waals surface area contributed by atoms with E-state index in [9.17, 15) is 9.90 Å². The van der Waals surface area contributed by atoms with Gasteiger partial charge in [0, 0.05) is 6.20 Å². The topological polar surface area (TPSA) is 61.9 Å². The highest BCUT2D eigenvalue weighted by atomic mass is 16.4. The van der Waals surface area contributed by atoms with E-state index in [2.05, 4.69) is 0 Å². The van der Waals surface area contributed by atoms with Crippen LogP contribution in [0.15, 0.2) is 30.5 Å². The van der Waals surface area contributed by atoms with Crippen LogP contribution in [0.3, 0.4) is 0 Å². The minimum atomic E-state index is -1.01. The largest absolute Gasteiger partial charge is 0.506 e. The van der Waals surface area contributed by atoms with Crippen molar-refractivity contribution < 1.29 is 15.0 Å². The summed E-state index contributed by atoms with van der Waals surface area (Å²) in [5.41, 5.74) is 0.644. The highest BCUT2D eigenvalue weighted by molar-refractivity contribution is 5.88. The van der Waals surface area contributed by atoms with Gasteiger partial charge in [0.15, 0.2) is 0 Å². The first-order valence-electron chi connectivity index (χ1n) is 3.72. The molecule has 0 saturated carbocycles. The second kappa shape index (κ2) is 2.52. The predicted octanol–water partition coefficient (Wildman–Crippen LogP) is 1.34. The van der Waals surface area contributed by atoms with Crippen LogP contribution in [0.1, 0.15) is 10.5 Å². The summed E-state index contributed by atoms with van der Waals surface area (Å²) >= 11 is 0. The molecule has 0 aliphatic carbocycles. The molecular weight excluding hydrogens is 170 g/mol. The zero-order chi connectivity index (χ0) is 9.42. The molecule has 66 valence electrons. The first-order valence-corrected chi connectivity index (χ1v) is 3.72. The van der Waals surface area contributed by atoms with Crippen LogP contribution in [-0.4, -0.2) is 20.6 Å². The van der Waals surface area contributed by atoms with Gasteiger partial charge in [-0.3, -0.25) is 0 Å². The molecule has 0 fully saturated rings. The van der Waals surface area contributed by atoms with Crippen molar-refractivity contribution in [2.75, 3.05) is 0 Å². The monoisotopic (exact) mass is 177 g/mol. The van der Waals surface area contributed by atoms with Gasteiger partial charge in [0.2, 0.25) is 0 Å². The first kappa shape index (κ1) is 7.67. The summed E-state index contributed by atoms with van der Waals surface area (Å²) in [6.07, 6.45) is 1.60. The zero-order valence-corrected chi connectivity index (χ0v) is 6.64. The Morgan fingerprint density at radius 2 is 2.08 bits per heavy atom. The van der Waals surface area contributed by atoms with Crippen molar-refractivity contribution in [2.45, 2.75) is 0 Å². The number of hydrogen-bond acceptors (Lipinski definition) is 2. The molecule has 0 saturated heterocycles. The maximum Gasteiger partial charge on any atom is 0.352 e. The van der Waals surface area contributed by atoms with E-state index in [1.165, 1.54) is 16.5 Å². The fraction of sp³-hybridized carbons (Fsp3) is 0. The van der Waals surface area contributed by atoms with E-state index in [1.54, 1.807) is 18.3 Å². The summed E-state index contributed by atoms with van der Waals surface area (Å²) in [4.78, 5) is 10.7. The SMILES string of the molecule is O=C(O)c1ccc2c(O)cccn12. The molecule has 2 aromatic heterocycles. The van der Waals surface area contributed by atoms with Crippen molar-refractivity contribution in [2.24, 2.45) is 0 Å². The van der Waals surface area contributed by atoms with Gasteiger partial charge in [0.1, 0.15) is 11.4 Å². The molecule has 2 aromatic rings. The molecule has 0 aromatic carbocycles. The Hall–Kier alpha value is -1.97. The summed E-state index contributed by atoms with van der Waals surface area (Å²) in [6, 6.07) is 6.13. The second-order valence-corrected chi connectivity index (χ2v) is 2.67. The van der Waals surface area contributed by atoms with Gasteiger partial charge in [0.25, 0.3) is 0 Å². The average molecular weight is 177 g/mol. The Balaban J connectivity index is 2.83. The third-order valence-electron chi connectivity index (χ3n) is 1.89. The van der Waals surface area contributed by atoms with E-state index in [0.29, 0.717) is 5.52 Å². The van der Waals surface area contributed by atoms with Crippen LogP contribution in [0.25, 0.3) is 5.52 Å². The van der Waals surface area contributed by atoms with Crippen molar-refractivity contribution in [1.29, 1.82) is 0 Å². The number of aromatic hydroxyl groups is 1. The Kier molecular flexibility index (Phi) is 1.48. The zero-order valence-electron chi connectivity index (χ0n) is 6.64. The number of nitrogens with zero attached hydrogens (tertiary/aromatic N) is 1. The van der Waals surface area contributed by atoms with Gasteiger partial charge in [-0.1, -0.05) is 0 Å². The van der Waals surface area contributed by atoms with Crippen molar-refractivity contribution in [1.82, 2.24) is 4.40 Å². The molecular formula is C9H7NO3. The molecule has 0 spiro atoms. The van der Waals surface area contributed by atoms with Gasteiger partial charge in [0.05, 0.1) is 5.52 Å². The fourth-order valence-electron chi connectivity index (χ4n) is 1.30. The highest BCUT2D eigenvalue weighted by Crippen LogP contribution is 2.20. The molecule has 2 heterocycles. The van der Waals surface area contributed by atoms with Crippen LogP contribution in [0.4, 0.5) is 0 Å². The van der Waals surface area contributed by atoms with Gasteiger partial charge in [-0.25, -0.2) is 4.79 Å².